The van der Waals surface area contributed by atoms with Gasteiger partial charge in [0.2, 0.25) is 0 Å². The summed E-state index contributed by atoms with van der Waals surface area (Å²) in [5.41, 5.74) is 1.14. The van der Waals surface area contributed by atoms with E-state index in [2.05, 4.69) is 33.5 Å². The van der Waals surface area contributed by atoms with Crippen molar-refractivity contribution >= 4 is 0 Å². The van der Waals surface area contributed by atoms with Crippen molar-refractivity contribution in [3.05, 3.63) is 51.7 Å². The van der Waals surface area contributed by atoms with Gasteiger partial charge in [0.15, 0.2) is 6.29 Å². The topological polar surface area (TPSA) is 78.2 Å². The van der Waals surface area contributed by atoms with Gasteiger partial charge < -0.3 is 16.9 Å². The van der Waals surface area contributed by atoms with E-state index in [1.165, 1.54) is 0 Å². The van der Waals surface area contributed by atoms with Gasteiger partial charge in [-0.05, 0) is 18.1 Å². The molecular formula is C13H17FeO5-. The summed E-state index contributed by atoms with van der Waals surface area (Å²) >= 11 is 0. The Morgan fingerprint density at radius 2 is 1.74 bits per heavy atom. The molecule has 1 aliphatic rings. The van der Waals surface area contributed by atoms with Gasteiger partial charge in [0.25, 0.3) is 0 Å². The second kappa shape index (κ2) is 25.9. The van der Waals surface area contributed by atoms with E-state index in [0.717, 1.165) is 12.0 Å². The molecule has 0 radical (unpaired) electrons. The zero-order valence-corrected chi connectivity index (χ0v) is 12.2. The van der Waals surface area contributed by atoms with E-state index in [0.29, 0.717) is 0 Å². The molecule has 0 aromatic heterocycles. The van der Waals surface area contributed by atoms with Crippen molar-refractivity contribution in [2.75, 3.05) is 7.11 Å². The maximum atomic E-state index is 7.50. The van der Waals surface area contributed by atoms with E-state index in [1.807, 2.05) is 12.2 Å². The number of ether oxygens (including phenoxy) is 2. The van der Waals surface area contributed by atoms with Crippen LogP contribution >= 0.6 is 0 Å². The minimum Gasteiger partial charge on any atom is -0.358 e. The fourth-order valence-electron chi connectivity index (χ4n) is 1.20. The van der Waals surface area contributed by atoms with Gasteiger partial charge in [-0.25, -0.2) is 0 Å². The summed E-state index contributed by atoms with van der Waals surface area (Å²) in [6.07, 6.45) is 4.76. The molecular weight excluding hydrogens is 292 g/mol. The van der Waals surface area contributed by atoms with E-state index < -0.39 is 0 Å². The van der Waals surface area contributed by atoms with Crippen molar-refractivity contribution in [1.82, 2.24) is 0 Å². The number of hydrogen-bond donors (Lipinski definition) is 0. The van der Waals surface area contributed by atoms with Gasteiger partial charge in [0.1, 0.15) is 0 Å². The molecule has 0 saturated carbocycles. The third-order valence-corrected chi connectivity index (χ3v) is 1.84. The summed E-state index contributed by atoms with van der Waals surface area (Å²) in [5, 5.41) is 0. The van der Waals surface area contributed by atoms with Crippen LogP contribution in [0.25, 0.3) is 0 Å². The first-order valence-electron chi connectivity index (χ1n) is 4.45. The Bertz CT molecular complexity index is 266. The summed E-state index contributed by atoms with van der Waals surface area (Å²) in [7, 11) is 1.64. The molecule has 0 N–H and O–H groups in total. The average molecular weight is 309 g/mol. The van der Waals surface area contributed by atoms with Crippen molar-refractivity contribution < 1.29 is 40.5 Å². The van der Waals surface area contributed by atoms with Crippen LogP contribution in [-0.2, 0) is 40.5 Å². The van der Waals surface area contributed by atoms with Crippen LogP contribution < -0.4 is 0 Å². The largest absolute Gasteiger partial charge is 0.358 e. The number of rotatable bonds is 3. The molecule has 0 fully saturated rings. The van der Waals surface area contributed by atoms with Crippen molar-refractivity contribution in [3.8, 4) is 0 Å². The standard InChI is InChI=1S/C9H14O2.3CO.CH3.Fe/c1-4-7-6-9(10-3)11-8(7)5-2;3*1-2;;/h4,6,8-9H,1,5H2,2-3H3;;;;1H3;/q;;;;-1;/t8-,9-;;;;;/m1...../s1. The summed E-state index contributed by atoms with van der Waals surface area (Å²) in [4.78, 5) is 0. The van der Waals surface area contributed by atoms with Crippen LogP contribution in [0.3, 0.4) is 0 Å². The molecule has 108 valence electrons. The van der Waals surface area contributed by atoms with Crippen molar-refractivity contribution in [1.29, 1.82) is 0 Å². The van der Waals surface area contributed by atoms with Crippen LogP contribution in [0.5, 0.6) is 0 Å². The zero-order valence-electron chi connectivity index (χ0n) is 11.1. The first-order chi connectivity index (χ1) is 8.31. The van der Waals surface area contributed by atoms with Crippen LogP contribution in [0.2, 0.25) is 0 Å². The van der Waals surface area contributed by atoms with Crippen LogP contribution in [0.4, 0.5) is 0 Å². The van der Waals surface area contributed by atoms with E-state index in [1.54, 1.807) is 7.11 Å². The number of methoxy groups -OCH3 is 1. The molecule has 0 amide bonds. The summed E-state index contributed by atoms with van der Waals surface area (Å²) < 4.78 is 33.0. The third kappa shape index (κ3) is 13.4. The quantitative estimate of drug-likeness (QED) is 0.455. The third-order valence-electron chi connectivity index (χ3n) is 1.84. The molecule has 1 heterocycles. The molecule has 1 aliphatic heterocycles. The molecule has 1 rings (SSSR count). The van der Waals surface area contributed by atoms with E-state index in [-0.39, 0.29) is 36.9 Å². The Hall–Kier alpha value is -0.861. The summed E-state index contributed by atoms with van der Waals surface area (Å²) in [6.45, 7) is 19.3. The van der Waals surface area contributed by atoms with Gasteiger partial charge in [0, 0.05) is 24.2 Å². The summed E-state index contributed by atoms with van der Waals surface area (Å²) in [5.74, 6) is 0. The van der Waals surface area contributed by atoms with Gasteiger partial charge in [-0.1, -0.05) is 19.6 Å². The van der Waals surface area contributed by atoms with Gasteiger partial charge in [-0.15, -0.1) is 0 Å². The molecule has 5 nitrogen and oxygen atoms in total. The van der Waals surface area contributed by atoms with Gasteiger partial charge >= 0.3 is 33.9 Å². The molecule has 2 atom stereocenters. The maximum absolute atomic E-state index is 7.50. The molecule has 0 unspecified atom stereocenters. The second-order valence-electron chi connectivity index (χ2n) is 2.51. The van der Waals surface area contributed by atoms with Crippen LogP contribution in [0.1, 0.15) is 13.3 Å². The SMILES string of the molecule is C=CC1=C[C@H](OC)O[C@@H]1CC.[C-]#[O+].[C-]#[O+].[C-]#[O+].[CH3-].[Fe]. The minimum atomic E-state index is -0.173. The average Bonchev–Trinajstić information content (AvgIpc) is 2.88. The first-order valence-corrected chi connectivity index (χ1v) is 4.45. The molecule has 6 heteroatoms. The minimum absolute atomic E-state index is 0. The predicted molar refractivity (Wildman–Crippen MR) is 62.4 cm³/mol. The Kier molecular flexibility index (Phi) is 42.0. The molecule has 0 saturated heterocycles. The Labute approximate surface area is 125 Å². The van der Waals surface area contributed by atoms with Crippen LogP contribution in [-0.4, -0.2) is 19.5 Å². The molecule has 0 bridgehead atoms. The van der Waals surface area contributed by atoms with E-state index in [9.17, 15) is 0 Å². The maximum Gasteiger partial charge on any atom is 0 e. The summed E-state index contributed by atoms with van der Waals surface area (Å²) in [6, 6.07) is 0. The van der Waals surface area contributed by atoms with Gasteiger partial charge in [0.05, 0.1) is 6.10 Å². The molecule has 0 aromatic carbocycles. The molecule has 0 aliphatic carbocycles. The van der Waals surface area contributed by atoms with Crippen molar-refractivity contribution in [2.45, 2.75) is 25.7 Å². The predicted octanol–water partition coefficient (Wildman–Crippen LogP) is 2.22. The number of hydrogen-bond acceptors (Lipinski definition) is 2. The Balaban J connectivity index is -0.0000000724. The molecule has 0 aromatic rings. The first kappa shape index (κ1) is 30.9. The fraction of sp³-hybridized carbons (Fsp3) is 0.385. The van der Waals surface area contributed by atoms with Crippen LogP contribution in [0.15, 0.2) is 24.3 Å². The van der Waals surface area contributed by atoms with Crippen molar-refractivity contribution in [2.24, 2.45) is 0 Å². The fourth-order valence-corrected chi connectivity index (χ4v) is 1.20. The van der Waals surface area contributed by atoms with Gasteiger partial charge in [-0.2, -0.15) is 0 Å². The Morgan fingerprint density at radius 3 is 1.95 bits per heavy atom. The second-order valence-corrected chi connectivity index (χ2v) is 2.51. The molecule has 0 spiro atoms. The smallest absolute Gasteiger partial charge is 0 e. The monoisotopic (exact) mass is 309 g/mol. The van der Waals surface area contributed by atoms with Crippen LogP contribution in [0, 0.1) is 27.4 Å². The normalized spacial score (nSPS) is 17.8. The van der Waals surface area contributed by atoms with Crippen molar-refractivity contribution in [3.63, 3.8) is 0 Å². The molecule has 19 heavy (non-hydrogen) atoms. The van der Waals surface area contributed by atoms with E-state index >= 15 is 0 Å². The van der Waals surface area contributed by atoms with E-state index in [4.69, 9.17) is 23.4 Å². The van der Waals surface area contributed by atoms with Gasteiger partial charge in [-0.3, -0.25) is 0 Å². The Morgan fingerprint density at radius 1 is 1.32 bits per heavy atom. The zero-order chi connectivity index (χ0) is 14.3.